The molecule has 1 aromatic carbocycles. The van der Waals surface area contributed by atoms with E-state index >= 15 is 0 Å². The molecule has 0 spiro atoms. The fourth-order valence-corrected chi connectivity index (χ4v) is 2.48. The summed E-state index contributed by atoms with van der Waals surface area (Å²) < 4.78 is 14.8. The van der Waals surface area contributed by atoms with Crippen molar-refractivity contribution in [1.29, 1.82) is 0 Å². The van der Waals surface area contributed by atoms with Gasteiger partial charge < -0.3 is 0 Å². The molecule has 0 aliphatic carbocycles. The highest BCUT2D eigenvalue weighted by atomic mass is 35.5. The number of halogens is 3. The molecule has 0 saturated carbocycles. The van der Waals surface area contributed by atoms with Gasteiger partial charge in [0.2, 0.25) is 0 Å². The maximum atomic E-state index is 13.1. The van der Waals surface area contributed by atoms with Crippen LogP contribution in [0.4, 0.5) is 4.39 Å². The molecule has 0 atom stereocenters. The van der Waals surface area contributed by atoms with Gasteiger partial charge in [-0.05, 0) is 24.1 Å². The molecule has 0 aliphatic heterocycles. The average Bonchev–Trinajstić information content (AvgIpc) is 2.66. The lowest BCUT2D eigenvalue weighted by molar-refractivity contribution is 0.618. The Morgan fingerprint density at radius 1 is 1.39 bits per heavy atom. The van der Waals surface area contributed by atoms with E-state index in [0.717, 1.165) is 23.2 Å². The van der Waals surface area contributed by atoms with E-state index in [1.807, 2.05) is 13.0 Å². The molecule has 96 valence electrons. The Hall–Kier alpha value is -1.06. The predicted octanol–water partition coefficient (Wildman–Crippen LogP) is 4.03. The van der Waals surface area contributed by atoms with Gasteiger partial charge in [0, 0.05) is 5.56 Å². The summed E-state index contributed by atoms with van der Waals surface area (Å²) >= 11 is 12.1. The molecule has 0 unspecified atom stereocenters. The Labute approximate surface area is 115 Å². The van der Waals surface area contributed by atoms with Crippen molar-refractivity contribution in [1.82, 2.24) is 9.78 Å². The van der Waals surface area contributed by atoms with E-state index < -0.39 is 0 Å². The molecule has 2 aromatic rings. The van der Waals surface area contributed by atoms with E-state index in [4.69, 9.17) is 23.2 Å². The standard InChI is InChI=1S/C13H13Cl2FN2/c1-2-12-11(7-14)13(15)18(17-12)8-9-4-3-5-10(16)6-9/h3-6H,2,7-8H2,1H3. The minimum atomic E-state index is -0.260. The molecule has 0 amide bonds. The molecule has 2 rings (SSSR count). The number of benzene rings is 1. The molecular formula is C13H13Cl2FN2. The molecule has 0 saturated heterocycles. The number of aromatic nitrogens is 2. The number of rotatable bonds is 4. The fraction of sp³-hybridized carbons (Fsp3) is 0.308. The first-order valence-corrected chi connectivity index (χ1v) is 6.61. The second-order valence-electron chi connectivity index (χ2n) is 3.99. The maximum Gasteiger partial charge on any atom is 0.132 e. The van der Waals surface area contributed by atoms with Crippen LogP contribution in [0, 0.1) is 5.82 Å². The molecule has 0 bridgehead atoms. The van der Waals surface area contributed by atoms with Crippen LogP contribution in [0.5, 0.6) is 0 Å². The van der Waals surface area contributed by atoms with E-state index in [-0.39, 0.29) is 5.82 Å². The van der Waals surface area contributed by atoms with Crippen LogP contribution in [0.15, 0.2) is 24.3 Å². The van der Waals surface area contributed by atoms with Crippen molar-refractivity contribution < 1.29 is 4.39 Å². The van der Waals surface area contributed by atoms with E-state index in [1.54, 1.807) is 10.7 Å². The van der Waals surface area contributed by atoms with E-state index in [1.165, 1.54) is 12.1 Å². The zero-order chi connectivity index (χ0) is 13.1. The largest absolute Gasteiger partial charge is 0.249 e. The molecule has 0 N–H and O–H groups in total. The van der Waals surface area contributed by atoms with Crippen molar-refractivity contribution in [2.75, 3.05) is 0 Å². The first kappa shape index (κ1) is 13.4. The third-order valence-corrected chi connectivity index (χ3v) is 3.45. The lowest BCUT2D eigenvalue weighted by Crippen LogP contribution is -2.02. The van der Waals surface area contributed by atoms with E-state index in [0.29, 0.717) is 17.6 Å². The molecule has 0 aliphatic rings. The third-order valence-electron chi connectivity index (χ3n) is 2.76. The molecule has 1 heterocycles. The van der Waals surface area contributed by atoms with Gasteiger partial charge in [0.05, 0.1) is 18.1 Å². The molecule has 0 fully saturated rings. The van der Waals surface area contributed by atoms with Crippen LogP contribution in [0.2, 0.25) is 5.15 Å². The summed E-state index contributed by atoms with van der Waals surface area (Å²) in [5.41, 5.74) is 2.58. The quantitative estimate of drug-likeness (QED) is 0.776. The average molecular weight is 287 g/mol. The first-order valence-electron chi connectivity index (χ1n) is 5.70. The van der Waals surface area contributed by atoms with Crippen LogP contribution in [0.25, 0.3) is 0 Å². The van der Waals surface area contributed by atoms with Gasteiger partial charge in [-0.25, -0.2) is 9.07 Å². The SMILES string of the molecule is CCc1nn(Cc2cccc(F)c2)c(Cl)c1CCl. The molecule has 1 aromatic heterocycles. The Morgan fingerprint density at radius 2 is 2.17 bits per heavy atom. The normalized spacial score (nSPS) is 10.9. The number of aryl methyl sites for hydroxylation is 1. The predicted molar refractivity (Wildman–Crippen MR) is 71.7 cm³/mol. The molecule has 0 radical (unpaired) electrons. The van der Waals surface area contributed by atoms with Crippen molar-refractivity contribution >= 4 is 23.2 Å². The summed E-state index contributed by atoms with van der Waals surface area (Å²) in [5, 5.41) is 4.94. The highest BCUT2D eigenvalue weighted by molar-refractivity contribution is 6.31. The Morgan fingerprint density at radius 3 is 2.72 bits per heavy atom. The Balaban J connectivity index is 2.32. The van der Waals surface area contributed by atoms with Crippen molar-refractivity contribution in [2.45, 2.75) is 25.8 Å². The van der Waals surface area contributed by atoms with Gasteiger partial charge in [0.1, 0.15) is 11.0 Å². The fourth-order valence-electron chi connectivity index (χ4n) is 1.85. The van der Waals surface area contributed by atoms with Crippen LogP contribution < -0.4 is 0 Å². The number of hydrogen-bond donors (Lipinski definition) is 0. The van der Waals surface area contributed by atoms with Crippen LogP contribution in [-0.2, 0) is 18.8 Å². The zero-order valence-electron chi connectivity index (χ0n) is 9.96. The second-order valence-corrected chi connectivity index (χ2v) is 4.62. The number of alkyl halides is 1. The lowest BCUT2D eigenvalue weighted by atomic mass is 10.2. The summed E-state index contributed by atoms with van der Waals surface area (Å²) in [6.45, 7) is 2.45. The van der Waals surface area contributed by atoms with Crippen molar-refractivity contribution in [3.8, 4) is 0 Å². The van der Waals surface area contributed by atoms with Gasteiger partial charge in [0.15, 0.2) is 0 Å². The summed E-state index contributed by atoms with van der Waals surface area (Å²) in [7, 11) is 0. The summed E-state index contributed by atoms with van der Waals surface area (Å²) in [6, 6.07) is 6.40. The molecule has 5 heteroatoms. The monoisotopic (exact) mass is 286 g/mol. The second kappa shape index (κ2) is 5.72. The number of hydrogen-bond acceptors (Lipinski definition) is 1. The van der Waals surface area contributed by atoms with Crippen LogP contribution in [0.3, 0.4) is 0 Å². The molecule has 18 heavy (non-hydrogen) atoms. The lowest BCUT2D eigenvalue weighted by Gasteiger charge is -2.03. The minimum Gasteiger partial charge on any atom is -0.249 e. The summed E-state index contributed by atoms with van der Waals surface area (Å²) in [4.78, 5) is 0. The van der Waals surface area contributed by atoms with E-state index in [2.05, 4.69) is 5.10 Å². The number of nitrogens with zero attached hydrogens (tertiary/aromatic N) is 2. The maximum absolute atomic E-state index is 13.1. The third kappa shape index (κ3) is 2.68. The Bertz CT molecular complexity index is 552. The highest BCUT2D eigenvalue weighted by Gasteiger charge is 2.14. The topological polar surface area (TPSA) is 17.8 Å². The van der Waals surface area contributed by atoms with Crippen LogP contribution in [-0.4, -0.2) is 9.78 Å². The van der Waals surface area contributed by atoms with Gasteiger partial charge in [-0.1, -0.05) is 30.7 Å². The smallest absolute Gasteiger partial charge is 0.132 e. The van der Waals surface area contributed by atoms with Crippen LogP contribution in [0.1, 0.15) is 23.7 Å². The van der Waals surface area contributed by atoms with Gasteiger partial charge >= 0.3 is 0 Å². The van der Waals surface area contributed by atoms with Gasteiger partial charge in [0.25, 0.3) is 0 Å². The van der Waals surface area contributed by atoms with Gasteiger partial charge in [-0.15, -0.1) is 11.6 Å². The summed E-state index contributed by atoms with van der Waals surface area (Å²) in [5.74, 6) is 0.0783. The van der Waals surface area contributed by atoms with Gasteiger partial charge in [-0.3, -0.25) is 0 Å². The summed E-state index contributed by atoms with van der Waals surface area (Å²) in [6.07, 6.45) is 0.776. The molecular weight excluding hydrogens is 274 g/mol. The minimum absolute atomic E-state index is 0.260. The highest BCUT2D eigenvalue weighted by Crippen LogP contribution is 2.23. The first-order chi connectivity index (χ1) is 8.65. The van der Waals surface area contributed by atoms with Crippen LogP contribution >= 0.6 is 23.2 Å². The van der Waals surface area contributed by atoms with Crippen molar-refractivity contribution in [3.63, 3.8) is 0 Å². The van der Waals surface area contributed by atoms with Crippen molar-refractivity contribution in [2.24, 2.45) is 0 Å². The van der Waals surface area contributed by atoms with Gasteiger partial charge in [-0.2, -0.15) is 5.10 Å². The molecule has 2 nitrogen and oxygen atoms in total. The Kier molecular flexibility index (Phi) is 4.25. The zero-order valence-corrected chi connectivity index (χ0v) is 11.5. The van der Waals surface area contributed by atoms with Crippen molar-refractivity contribution in [3.05, 3.63) is 52.1 Å². The van der Waals surface area contributed by atoms with E-state index in [9.17, 15) is 4.39 Å².